The predicted molar refractivity (Wildman–Crippen MR) is 188 cm³/mol. The first-order valence-corrected chi connectivity index (χ1v) is 17.1. The number of halogens is 1. The fraction of sp³-hybridized carbons (Fsp3) is 0.225. The molecule has 0 unspecified atom stereocenters. The van der Waals surface area contributed by atoms with Crippen LogP contribution in [0.15, 0.2) is 109 Å². The molecule has 0 spiro atoms. The molecule has 1 saturated carbocycles. The van der Waals surface area contributed by atoms with E-state index >= 15 is 4.79 Å². The van der Waals surface area contributed by atoms with Crippen LogP contribution >= 0.6 is 11.6 Å². The minimum Gasteiger partial charge on any atom is -0.508 e. The third-order valence-corrected chi connectivity index (χ3v) is 11.3. The summed E-state index contributed by atoms with van der Waals surface area (Å²) in [6.45, 7) is 1.93. The largest absolute Gasteiger partial charge is 0.508 e. The highest BCUT2D eigenvalue weighted by atomic mass is 35.5. The van der Waals surface area contributed by atoms with Crippen LogP contribution in [0.3, 0.4) is 0 Å². The summed E-state index contributed by atoms with van der Waals surface area (Å²) >= 11 is 6.56. The lowest BCUT2D eigenvalue weighted by Gasteiger charge is -2.50. The molecule has 11 heteroatoms. The van der Waals surface area contributed by atoms with Crippen molar-refractivity contribution in [3.63, 3.8) is 0 Å². The van der Waals surface area contributed by atoms with Gasteiger partial charge in [0.15, 0.2) is 0 Å². The lowest BCUT2D eigenvalue weighted by molar-refractivity contribution is -0.138. The molecule has 4 aromatic rings. The number of aromatic hydroxyl groups is 1. The second-order valence-corrected chi connectivity index (χ2v) is 14.1. The molecule has 51 heavy (non-hydrogen) atoms. The number of aryl methyl sites for hydroxylation is 1. The van der Waals surface area contributed by atoms with E-state index in [4.69, 9.17) is 11.6 Å². The first-order chi connectivity index (χ1) is 24.5. The number of fused-ring (bicyclic) bond motifs is 4. The number of imide groups is 2. The Morgan fingerprint density at radius 3 is 2.33 bits per heavy atom. The Labute approximate surface area is 297 Å². The van der Waals surface area contributed by atoms with Crippen molar-refractivity contribution in [1.29, 1.82) is 0 Å². The number of carbonyl (C=O) groups excluding carboxylic acids is 4. The Kier molecular flexibility index (Phi) is 7.61. The zero-order valence-corrected chi connectivity index (χ0v) is 28.1. The molecule has 2 heterocycles. The van der Waals surface area contributed by atoms with Crippen LogP contribution in [-0.2, 0) is 24.6 Å². The number of phenols is 1. The summed E-state index contributed by atoms with van der Waals surface area (Å²) in [5.41, 5.74) is 4.65. The van der Waals surface area contributed by atoms with E-state index in [1.807, 2.05) is 31.2 Å². The van der Waals surface area contributed by atoms with Crippen LogP contribution in [0.25, 0.3) is 0 Å². The maximum Gasteiger partial charge on any atom is 0.335 e. The third kappa shape index (κ3) is 4.80. The lowest BCUT2D eigenvalue weighted by Crippen LogP contribution is -2.53. The molecule has 10 nitrogen and oxygen atoms in total. The Hall–Kier alpha value is -5.74. The molecule has 0 aromatic heterocycles. The van der Waals surface area contributed by atoms with Crippen molar-refractivity contribution in [3.05, 3.63) is 136 Å². The van der Waals surface area contributed by atoms with Crippen molar-refractivity contribution in [3.8, 4) is 5.75 Å². The van der Waals surface area contributed by atoms with Crippen LogP contribution in [0.5, 0.6) is 5.75 Å². The van der Waals surface area contributed by atoms with Crippen LogP contribution in [0, 0.1) is 30.6 Å². The van der Waals surface area contributed by atoms with Gasteiger partial charge in [0.1, 0.15) is 5.75 Å². The van der Waals surface area contributed by atoms with Crippen molar-refractivity contribution >= 4 is 52.6 Å². The van der Waals surface area contributed by atoms with Gasteiger partial charge in [-0.2, -0.15) is 5.01 Å². The SMILES string of the molecule is Cc1ccc(NN2C(=O)[C@@H]3C[C@@H]4C(=CC[C@@H]5C(=O)N(c6cccc(C(=O)O)c6)C(=O)[C@@H]54)[C@H](c4cc(Cl)ccc4O)[C@]3(c3ccccc3)C2=O)cc1. The number of allylic oxidation sites excluding steroid dienone is 2. The van der Waals surface area contributed by atoms with E-state index in [0.717, 1.165) is 15.5 Å². The van der Waals surface area contributed by atoms with Gasteiger partial charge in [-0.15, -0.1) is 0 Å². The Morgan fingerprint density at radius 2 is 1.61 bits per heavy atom. The van der Waals surface area contributed by atoms with E-state index in [9.17, 15) is 29.4 Å². The zero-order chi connectivity index (χ0) is 35.8. The fourth-order valence-electron chi connectivity index (χ4n) is 8.88. The van der Waals surface area contributed by atoms with Gasteiger partial charge in [0.05, 0.1) is 40.1 Å². The second kappa shape index (κ2) is 11.9. The summed E-state index contributed by atoms with van der Waals surface area (Å²) in [7, 11) is 0. The van der Waals surface area contributed by atoms with Gasteiger partial charge in [0.25, 0.3) is 11.8 Å². The van der Waals surface area contributed by atoms with Crippen molar-refractivity contribution in [2.45, 2.75) is 31.1 Å². The van der Waals surface area contributed by atoms with Crippen molar-refractivity contribution < 1.29 is 34.2 Å². The summed E-state index contributed by atoms with van der Waals surface area (Å²) in [4.78, 5) is 71.2. The van der Waals surface area contributed by atoms with Gasteiger partial charge in [-0.25, -0.2) is 4.79 Å². The van der Waals surface area contributed by atoms with E-state index in [0.29, 0.717) is 27.4 Å². The van der Waals surface area contributed by atoms with Crippen LogP contribution in [0.2, 0.25) is 5.02 Å². The molecule has 2 aliphatic heterocycles. The molecule has 4 amide bonds. The quantitative estimate of drug-likeness (QED) is 0.158. The molecule has 6 atom stereocenters. The topological polar surface area (TPSA) is 144 Å². The maximum absolute atomic E-state index is 15.2. The summed E-state index contributed by atoms with van der Waals surface area (Å²) in [6.07, 6.45) is 2.11. The highest BCUT2D eigenvalue weighted by molar-refractivity contribution is 6.30. The number of hydrogen-bond donors (Lipinski definition) is 3. The minimum atomic E-state index is -1.56. The second-order valence-electron chi connectivity index (χ2n) is 13.7. The predicted octanol–water partition coefficient (Wildman–Crippen LogP) is 6.24. The number of hydrogen-bond acceptors (Lipinski definition) is 7. The first-order valence-electron chi connectivity index (χ1n) is 16.7. The average molecular weight is 702 g/mol. The van der Waals surface area contributed by atoms with Gasteiger partial charge >= 0.3 is 5.97 Å². The number of benzene rings is 4. The monoisotopic (exact) mass is 701 g/mol. The molecular weight excluding hydrogens is 670 g/mol. The maximum atomic E-state index is 15.2. The average Bonchev–Trinajstić information content (AvgIpc) is 3.51. The fourth-order valence-corrected chi connectivity index (χ4v) is 9.06. The number of carboxylic acid groups (broad SMARTS) is 1. The summed E-state index contributed by atoms with van der Waals surface area (Å²) < 4.78 is 0. The highest BCUT2D eigenvalue weighted by Gasteiger charge is 2.70. The van der Waals surface area contributed by atoms with Gasteiger partial charge in [-0.05, 0) is 79.8 Å². The van der Waals surface area contributed by atoms with Gasteiger partial charge in [-0.1, -0.05) is 77.3 Å². The molecule has 2 saturated heterocycles. The normalized spacial score (nSPS) is 26.8. The number of anilines is 2. The van der Waals surface area contributed by atoms with Crippen LogP contribution < -0.4 is 10.3 Å². The van der Waals surface area contributed by atoms with Crippen LogP contribution in [-0.4, -0.2) is 44.8 Å². The summed E-state index contributed by atoms with van der Waals surface area (Å²) in [5.74, 6) is -7.61. The smallest absolute Gasteiger partial charge is 0.335 e. The van der Waals surface area contributed by atoms with Crippen molar-refractivity contribution in [1.82, 2.24) is 5.01 Å². The molecular formula is C40H32ClN3O7. The Balaban J connectivity index is 1.31. The molecule has 8 rings (SSSR count). The highest BCUT2D eigenvalue weighted by Crippen LogP contribution is 2.65. The van der Waals surface area contributed by atoms with E-state index in [2.05, 4.69) is 5.43 Å². The Bertz CT molecular complexity index is 2190. The van der Waals surface area contributed by atoms with Gasteiger partial charge < -0.3 is 10.2 Å². The van der Waals surface area contributed by atoms with Gasteiger partial charge in [0.2, 0.25) is 11.8 Å². The number of amides is 4. The number of phenolic OH excluding ortho intramolecular Hbond substituents is 1. The van der Waals surface area contributed by atoms with E-state index in [1.165, 1.54) is 36.4 Å². The molecule has 0 bridgehead atoms. The molecule has 2 aliphatic carbocycles. The number of aromatic carboxylic acids is 1. The van der Waals surface area contributed by atoms with E-state index in [-0.39, 0.29) is 29.8 Å². The van der Waals surface area contributed by atoms with Crippen molar-refractivity contribution in [2.24, 2.45) is 23.7 Å². The number of nitrogens with one attached hydrogen (secondary N) is 1. The number of hydrazine groups is 1. The number of carbonyl (C=O) groups is 5. The van der Waals surface area contributed by atoms with Gasteiger partial charge in [-0.3, -0.25) is 29.5 Å². The summed E-state index contributed by atoms with van der Waals surface area (Å²) in [5, 5.41) is 22.5. The molecule has 256 valence electrons. The van der Waals surface area contributed by atoms with Crippen LogP contribution in [0.4, 0.5) is 11.4 Å². The van der Waals surface area contributed by atoms with Crippen LogP contribution in [0.1, 0.15) is 45.8 Å². The molecule has 4 aliphatic rings. The number of nitrogens with zero attached hydrogens (tertiary/aromatic N) is 2. The summed E-state index contributed by atoms with van der Waals surface area (Å²) in [6, 6.07) is 26.6. The zero-order valence-electron chi connectivity index (χ0n) is 27.3. The van der Waals surface area contributed by atoms with E-state index < -0.39 is 64.6 Å². The lowest BCUT2D eigenvalue weighted by atomic mass is 9.49. The first kappa shape index (κ1) is 32.5. The molecule has 0 radical (unpaired) electrons. The molecule has 4 aromatic carbocycles. The van der Waals surface area contributed by atoms with E-state index in [1.54, 1.807) is 42.5 Å². The van der Waals surface area contributed by atoms with Gasteiger partial charge in [0, 0.05) is 16.5 Å². The third-order valence-electron chi connectivity index (χ3n) is 11.0. The standard InChI is InChI=1S/C40H32ClN3O7/c1-21-10-13-25(14-11-21)42-44-36(47)31-20-29-27(15-16-28-33(29)37(48)43(35(28)46)26-9-5-6-22(18-26)38(49)50)34(30-19-24(41)12-17-32(30)45)40(31,39(44)51)23-7-3-2-4-8-23/h2-15,17-19,28-29,31,33-34,42,45H,16,20H2,1H3,(H,49,50)/t28-,29+,31-,33-,34+,40+/m0/s1. The number of carboxylic acids is 1. The number of rotatable bonds is 6. The van der Waals surface area contributed by atoms with Crippen molar-refractivity contribution in [2.75, 3.05) is 10.3 Å². The minimum absolute atomic E-state index is 0.0679. The molecule has 3 N–H and O–H groups in total. The Morgan fingerprint density at radius 1 is 0.863 bits per heavy atom. The molecule has 3 fully saturated rings.